The number of benzene rings is 1. The van der Waals surface area contributed by atoms with Gasteiger partial charge in [-0.2, -0.15) is 0 Å². The van der Waals surface area contributed by atoms with Crippen molar-refractivity contribution in [1.82, 2.24) is 5.32 Å². The van der Waals surface area contributed by atoms with Gasteiger partial charge in [0, 0.05) is 12.2 Å². The number of aliphatic hydroxyl groups is 1. The van der Waals surface area contributed by atoms with E-state index in [9.17, 15) is 9.90 Å². The molecule has 1 amide bonds. The van der Waals surface area contributed by atoms with E-state index < -0.39 is 0 Å². The van der Waals surface area contributed by atoms with Gasteiger partial charge in [-0.3, -0.25) is 4.79 Å². The minimum absolute atomic E-state index is 0.190. The first kappa shape index (κ1) is 14.2. The summed E-state index contributed by atoms with van der Waals surface area (Å²) < 4.78 is 0. The van der Waals surface area contributed by atoms with Crippen molar-refractivity contribution in [2.45, 2.75) is 31.8 Å². The van der Waals surface area contributed by atoms with Crippen LogP contribution in [-0.4, -0.2) is 23.7 Å². The minimum Gasteiger partial charge on any atom is -0.399 e. The smallest absolute Gasteiger partial charge is 0.252 e. The van der Waals surface area contributed by atoms with Crippen molar-refractivity contribution in [3.8, 4) is 0 Å². The normalized spacial score (nSPS) is 23.1. The van der Waals surface area contributed by atoms with Crippen molar-refractivity contribution in [2.75, 3.05) is 12.3 Å². The molecule has 4 N–H and O–H groups in total. The standard InChI is InChI=1S/C14H19ClN2O2/c15-13-7-10(16)4-5-12(13)14(19)17-8-9-2-1-3-11(18)6-9/h4-5,7,9,11,18H,1-3,6,8,16H2,(H,17,19). The Morgan fingerprint density at radius 2 is 2.26 bits per heavy atom. The van der Waals surface area contributed by atoms with Crippen LogP contribution < -0.4 is 11.1 Å². The van der Waals surface area contributed by atoms with E-state index in [1.54, 1.807) is 18.2 Å². The molecule has 1 aliphatic carbocycles. The lowest BCUT2D eigenvalue weighted by atomic mass is 9.87. The number of nitrogens with one attached hydrogen (secondary N) is 1. The molecule has 0 radical (unpaired) electrons. The fraction of sp³-hybridized carbons (Fsp3) is 0.500. The fourth-order valence-corrected chi connectivity index (χ4v) is 2.77. The molecule has 5 heteroatoms. The Labute approximate surface area is 117 Å². The number of aliphatic hydroxyl groups excluding tert-OH is 1. The molecular formula is C14H19ClN2O2. The molecule has 1 aromatic rings. The predicted molar refractivity (Wildman–Crippen MR) is 76.2 cm³/mol. The summed E-state index contributed by atoms with van der Waals surface area (Å²) in [5.41, 5.74) is 6.57. The lowest BCUT2D eigenvalue weighted by Crippen LogP contribution is -2.33. The molecule has 2 atom stereocenters. The van der Waals surface area contributed by atoms with Crippen LogP contribution in [0.4, 0.5) is 5.69 Å². The zero-order chi connectivity index (χ0) is 13.8. The third-order valence-corrected chi connectivity index (χ3v) is 3.86. The van der Waals surface area contributed by atoms with Crippen LogP contribution >= 0.6 is 11.6 Å². The second-order valence-corrected chi connectivity index (χ2v) is 5.54. The Balaban J connectivity index is 1.90. The van der Waals surface area contributed by atoms with Gasteiger partial charge in [-0.15, -0.1) is 0 Å². The highest BCUT2D eigenvalue weighted by Gasteiger charge is 2.21. The summed E-state index contributed by atoms with van der Waals surface area (Å²) in [7, 11) is 0. The molecule has 0 aliphatic heterocycles. The topological polar surface area (TPSA) is 75.4 Å². The molecule has 0 heterocycles. The SMILES string of the molecule is Nc1ccc(C(=O)NCC2CCCC(O)C2)c(Cl)c1. The van der Waals surface area contributed by atoms with Crippen molar-refractivity contribution in [3.63, 3.8) is 0 Å². The van der Waals surface area contributed by atoms with Crippen molar-refractivity contribution < 1.29 is 9.90 Å². The highest BCUT2D eigenvalue weighted by Crippen LogP contribution is 2.24. The number of carbonyl (C=O) groups excluding carboxylic acids is 1. The molecule has 4 nitrogen and oxygen atoms in total. The molecule has 0 bridgehead atoms. The highest BCUT2D eigenvalue weighted by atomic mass is 35.5. The average molecular weight is 283 g/mol. The molecule has 2 unspecified atom stereocenters. The number of nitrogen functional groups attached to an aromatic ring is 1. The number of halogens is 1. The number of rotatable bonds is 3. The molecular weight excluding hydrogens is 264 g/mol. The Morgan fingerprint density at radius 1 is 1.47 bits per heavy atom. The summed E-state index contributed by atoms with van der Waals surface area (Å²) in [5, 5.41) is 12.8. The number of carbonyl (C=O) groups is 1. The van der Waals surface area contributed by atoms with Gasteiger partial charge in [0.05, 0.1) is 16.7 Å². The summed E-state index contributed by atoms with van der Waals surface area (Å²) >= 11 is 5.99. The van der Waals surface area contributed by atoms with Crippen LogP contribution in [0.5, 0.6) is 0 Å². The molecule has 1 fully saturated rings. The van der Waals surface area contributed by atoms with Gasteiger partial charge in [0.15, 0.2) is 0 Å². The summed E-state index contributed by atoms with van der Waals surface area (Å²) in [4.78, 5) is 12.0. The van der Waals surface area contributed by atoms with Crippen LogP contribution in [0.3, 0.4) is 0 Å². The van der Waals surface area contributed by atoms with E-state index in [1.807, 2.05) is 0 Å². The highest BCUT2D eigenvalue weighted by molar-refractivity contribution is 6.34. The number of amides is 1. The zero-order valence-electron chi connectivity index (χ0n) is 10.7. The van der Waals surface area contributed by atoms with E-state index in [2.05, 4.69) is 5.32 Å². The summed E-state index contributed by atoms with van der Waals surface area (Å²) in [6.45, 7) is 0.580. The Kier molecular flexibility index (Phi) is 4.66. The third-order valence-electron chi connectivity index (χ3n) is 3.54. The molecule has 0 spiro atoms. The van der Waals surface area contributed by atoms with E-state index >= 15 is 0 Å². The maximum absolute atomic E-state index is 12.0. The Hall–Kier alpha value is -1.26. The number of hydrogen-bond donors (Lipinski definition) is 3. The molecule has 0 saturated heterocycles. The fourth-order valence-electron chi connectivity index (χ4n) is 2.50. The lowest BCUT2D eigenvalue weighted by Gasteiger charge is -2.25. The van der Waals surface area contributed by atoms with E-state index in [0.29, 0.717) is 28.7 Å². The van der Waals surface area contributed by atoms with Crippen LogP contribution in [0.15, 0.2) is 18.2 Å². The van der Waals surface area contributed by atoms with Crippen molar-refractivity contribution in [1.29, 1.82) is 0 Å². The second kappa shape index (κ2) is 6.26. The molecule has 104 valence electrons. The lowest BCUT2D eigenvalue weighted by molar-refractivity contribution is 0.0874. The van der Waals surface area contributed by atoms with Crippen LogP contribution in [0.1, 0.15) is 36.0 Å². The number of anilines is 1. The molecule has 1 aliphatic rings. The van der Waals surface area contributed by atoms with E-state index in [0.717, 1.165) is 25.7 Å². The van der Waals surface area contributed by atoms with Gasteiger partial charge in [-0.05, 0) is 43.4 Å². The molecule has 0 aromatic heterocycles. The Morgan fingerprint density at radius 3 is 2.95 bits per heavy atom. The Bertz CT molecular complexity index is 465. The molecule has 1 saturated carbocycles. The van der Waals surface area contributed by atoms with Crippen molar-refractivity contribution in [3.05, 3.63) is 28.8 Å². The van der Waals surface area contributed by atoms with Crippen molar-refractivity contribution in [2.24, 2.45) is 5.92 Å². The number of nitrogens with two attached hydrogens (primary N) is 1. The average Bonchev–Trinajstić information content (AvgIpc) is 2.36. The van der Waals surface area contributed by atoms with E-state index in [1.165, 1.54) is 0 Å². The first-order chi connectivity index (χ1) is 9.06. The largest absolute Gasteiger partial charge is 0.399 e. The van der Waals surface area contributed by atoms with Gasteiger partial charge in [0.25, 0.3) is 5.91 Å². The van der Waals surface area contributed by atoms with Crippen LogP contribution in [0.2, 0.25) is 5.02 Å². The van der Waals surface area contributed by atoms with E-state index in [-0.39, 0.29) is 12.0 Å². The number of hydrogen-bond acceptors (Lipinski definition) is 3. The maximum Gasteiger partial charge on any atom is 0.252 e. The van der Waals surface area contributed by atoms with Crippen LogP contribution in [-0.2, 0) is 0 Å². The van der Waals surface area contributed by atoms with Gasteiger partial charge in [-0.1, -0.05) is 18.0 Å². The quantitative estimate of drug-likeness (QED) is 0.744. The van der Waals surface area contributed by atoms with Gasteiger partial charge in [-0.25, -0.2) is 0 Å². The maximum atomic E-state index is 12.0. The first-order valence-corrected chi connectivity index (χ1v) is 6.95. The predicted octanol–water partition coefficient (Wildman–Crippen LogP) is 2.20. The van der Waals surface area contributed by atoms with Gasteiger partial charge < -0.3 is 16.2 Å². The van der Waals surface area contributed by atoms with Crippen molar-refractivity contribution >= 4 is 23.2 Å². The summed E-state index contributed by atoms with van der Waals surface area (Å²) in [5.74, 6) is 0.158. The second-order valence-electron chi connectivity index (χ2n) is 5.14. The minimum atomic E-state index is -0.226. The molecule has 2 rings (SSSR count). The van der Waals surface area contributed by atoms with Crippen LogP contribution in [0, 0.1) is 5.92 Å². The monoisotopic (exact) mass is 282 g/mol. The third kappa shape index (κ3) is 3.85. The van der Waals surface area contributed by atoms with Gasteiger partial charge in [0.1, 0.15) is 0 Å². The first-order valence-electron chi connectivity index (χ1n) is 6.57. The molecule has 19 heavy (non-hydrogen) atoms. The van der Waals surface area contributed by atoms with Gasteiger partial charge in [0.2, 0.25) is 0 Å². The summed E-state index contributed by atoms with van der Waals surface area (Å²) in [6.07, 6.45) is 3.47. The molecule has 1 aromatic carbocycles. The zero-order valence-corrected chi connectivity index (χ0v) is 11.5. The van der Waals surface area contributed by atoms with E-state index in [4.69, 9.17) is 17.3 Å². The summed E-state index contributed by atoms with van der Waals surface area (Å²) in [6, 6.07) is 4.86. The van der Waals surface area contributed by atoms with Gasteiger partial charge >= 0.3 is 0 Å². The van der Waals surface area contributed by atoms with Crippen LogP contribution in [0.25, 0.3) is 0 Å².